The maximum atomic E-state index is 12.4. The van der Waals surface area contributed by atoms with Gasteiger partial charge in [-0.15, -0.1) is 0 Å². The van der Waals surface area contributed by atoms with E-state index in [0.29, 0.717) is 31.1 Å². The molecule has 0 unspecified atom stereocenters. The molecule has 1 N–H and O–H groups in total. The number of nitrogens with one attached hydrogen (secondary N) is 1. The maximum Gasteiger partial charge on any atom is 0.261 e. The number of hydrogen-bond donors (Lipinski definition) is 1. The maximum absolute atomic E-state index is 12.4. The van der Waals surface area contributed by atoms with Crippen LogP contribution in [-0.4, -0.2) is 25.7 Å². The standard InChI is InChI=1S/C20H25NO4/c1-4-19(25-18-8-6-7-17(13-18)23-3)20(22)21-14-15-9-11-16(12-10-15)24-5-2/h6-13,19H,4-5,14H2,1-3H3,(H,21,22)/t19-/m0/s1. The Hall–Kier alpha value is -2.69. The summed E-state index contributed by atoms with van der Waals surface area (Å²) in [6.07, 6.45) is 0.0292. The van der Waals surface area contributed by atoms with Crippen molar-refractivity contribution in [3.8, 4) is 17.2 Å². The molecule has 2 aromatic carbocycles. The van der Waals surface area contributed by atoms with Gasteiger partial charge < -0.3 is 19.5 Å². The number of ether oxygens (including phenoxy) is 3. The van der Waals surface area contributed by atoms with Crippen LogP contribution in [0.2, 0.25) is 0 Å². The second-order valence-electron chi connectivity index (χ2n) is 5.49. The highest BCUT2D eigenvalue weighted by Gasteiger charge is 2.18. The van der Waals surface area contributed by atoms with Gasteiger partial charge >= 0.3 is 0 Å². The topological polar surface area (TPSA) is 56.8 Å². The van der Waals surface area contributed by atoms with Crippen molar-refractivity contribution in [2.45, 2.75) is 32.9 Å². The van der Waals surface area contributed by atoms with Gasteiger partial charge in [0, 0.05) is 12.6 Å². The van der Waals surface area contributed by atoms with Gasteiger partial charge in [-0.3, -0.25) is 4.79 Å². The molecule has 25 heavy (non-hydrogen) atoms. The first kappa shape index (κ1) is 18.6. The first-order valence-corrected chi connectivity index (χ1v) is 8.46. The predicted octanol–water partition coefficient (Wildman–Crippen LogP) is 3.57. The summed E-state index contributed by atoms with van der Waals surface area (Å²) < 4.78 is 16.4. The summed E-state index contributed by atoms with van der Waals surface area (Å²) in [7, 11) is 1.60. The fourth-order valence-corrected chi connectivity index (χ4v) is 2.33. The molecule has 0 aliphatic rings. The van der Waals surface area contributed by atoms with Crippen molar-refractivity contribution in [2.24, 2.45) is 0 Å². The van der Waals surface area contributed by atoms with Crippen molar-refractivity contribution in [2.75, 3.05) is 13.7 Å². The first-order chi connectivity index (χ1) is 12.2. The highest BCUT2D eigenvalue weighted by atomic mass is 16.5. The summed E-state index contributed by atoms with van der Waals surface area (Å²) in [4.78, 5) is 12.4. The van der Waals surface area contributed by atoms with Crippen LogP contribution in [-0.2, 0) is 11.3 Å². The van der Waals surface area contributed by atoms with Crippen LogP contribution in [0, 0.1) is 0 Å². The van der Waals surface area contributed by atoms with E-state index in [4.69, 9.17) is 14.2 Å². The van der Waals surface area contributed by atoms with E-state index in [9.17, 15) is 4.79 Å². The van der Waals surface area contributed by atoms with E-state index in [0.717, 1.165) is 11.3 Å². The van der Waals surface area contributed by atoms with Crippen molar-refractivity contribution >= 4 is 5.91 Å². The normalized spacial score (nSPS) is 11.5. The Kier molecular flexibility index (Phi) is 7.14. The van der Waals surface area contributed by atoms with E-state index in [2.05, 4.69) is 5.32 Å². The van der Waals surface area contributed by atoms with Gasteiger partial charge in [-0.2, -0.15) is 0 Å². The van der Waals surface area contributed by atoms with Crippen LogP contribution < -0.4 is 19.5 Å². The predicted molar refractivity (Wildman–Crippen MR) is 97.2 cm³/mol. The molecule has 0 bridgehead atoms. The van der Waals surface area contributed by atoms with Gasteiger partial charge in [0.15, 0.2) is 6.10 Å². The lowest BCUT2D eigenvalue weighted by Crippen LogP contribution is -2.37. The highest BCUT2D eigenvalue weighted by molar-refractivity contribution is 5.81. The molecule has 0 spiro atoms. The zero-order chi connectivity index (χ0) is 18.1. The summed E-state index contributed by atoms with van der Waals surface area (Å²) in [6, 6.07) is 14.9. The molecule has 0 radical (unpaired) electrons. The van der Waals surface area contributed by atoms with Gasteiger partial charge in [0.2, 0.25) is 0 Å². The molecule has 1 atom stereocenters. The molecule has 0 heterocycles. The average molecular weight is 343 g/mol. The lowest BCUT2D eigenvalue weighted by molar-refractivity contribution is -0.128. The summed E-state index contributed by atoms with van der Waals surface area (Å²) >= 11 is 0. The molecule has 2 aromatic rings. The lowest BCUT2D eigenvalue weighted by atomic mass is 10.2. The molecule has 0 aliphatic heterocycles. The Bertz CT molecular complexity index is 670. The molecule has 5 heteroatoms. The van der Waals surface area contributed by atoms with E-state index in [-0.39, 0.29) is 5.91 Å². The van der Waals surface area contributed by atoms with E-state index in [1.165, 1.54) is 0 Å². The van der Waals surface area contributed by atoms with Gasteiger partial charge in [0.1, 0.15) is 17.2 Å². The van der Waals surface area contributed by atoms with Crippen molar-refractivity contribution in [1.29, 1.82) is 0 Å². The Labute approximate surface area is 148 Å². The number of benzene rings is 2. The van der Waals surface area contributed by atoms with Gasteiger partial charge in [0.05, 0.1) is 13.7 Å². The third-order valence-electron chi connectivity index (χ3n) is 3.68. The number of methoxy groups -OCH3 is 1. The fourth-order valence-electron chi connectivity index (χ4n) is 2.33. The summed E-state index contributed by atoms with van der Waals surface area (Å²) in [5, 5.41) is 2.91. The van der Waals surface area contributed by atoms with Crippen molar-refractivity contribution in [1.82, 2.24) is 5.32 Å². The summed E-state index contributed by atoms with van der Waals surface area (Å²) in [5.41, 5.74) is 1.01. The van der Waals surface area contributed by atoms with E-state index in [1.807, 2.05) is 56.3 Å². The molecule has 0 aliphatic carbocycles. The van der Waals surface area contributed by atoms with Gasteiger partial charge in [-0.05, 0) is 43.2 Å². The van der Waals surface area contributed by atoms with Crippen LogP contribution in [0.4, 0.5) is 0 Å². The molecule has 0 aromatic heterocycles. The van der Waals surface area contributed by atoms with E-state index >= 15 is 0 Å². The van der Waals surface area contributed by atoms with Crippen LogP contribution in [0.25, 0.3) is 0 Å². The zero-order valence-corrected chi connectivity index (χ0v) is 15.0. The van der Waals surface area contributed by atoms with Crippen LogP contribution >= 0.6 is 0 Å². The Morgan fingerprint density at radius 2 is 1.76 bits per heavy atom. The molecular weight excluding hydrogens is 318 g/mol. The summed E-state index contributed by atoms with van der Waals surface area (Å²) in [6.45, 7) is 4.95. The Morgan fingerprint density at radius 1 is 1.04 bits per heavy atom. The fraction of sp³-hybridized carbons (Fsp3) is 0.350. The molecule has 1 amide bonds. The van der Waals surface area contributed by atoms with Crippen LogP contribution in [0.5, 0.6) is 17.2 Å². The van der Waals surface area contributed by atoms with Crippen LogP contribution in [0.15, 0.2) is 48.5 Å². The monoisotopic (exact) mass is 343 g/mol. The second-order valence-corrected chi connectivity index (χ2v) is 5.49. The van der Waals surface area contributed by atoms with Crippen LogP contribution in [0.1, 0.15) is 25.8 Å². The molecule has 2 rings (SSSR count). The quantitative estimate of drug-likeness (QED) is 0.756. The molecule has 0 saturated heterocycles. The number of hydrogen-bond acceptors (Lipinski definition) is 4. The molecule has 0 saturated carbocycles. The van der Waals surface area contributed by atoms with E-state index in [1.54, 1.807) is 13.2 Å². The minimum Gasteiger partial charge on any atom is -0.497 e. The third-order valence-corrected chi connectivity index (χ3v) is 3.68. The number of carbonyl (C=O) groups excluding carboxylic acids is 1. The second kappa shape index (κ2) is 9.57. The van der Waals surface area contributed by atoms with Crippen molar-refractivity contribution < 1.29 is 19.0 Å². The lowest BCUT2D eigenvalue weighted by Gasteiger charge is -2.17. The molecular formula is C20H25NO4. The largest absolute Gasteiger partial charge is 0.497 e. The number of rotatable bonds is 9. The highest BCUT2D eigenvalue weighted by Crippen LogP contribution is 2.20. The van der Waals surface area contributed by atoms with Gasteiger partial charge in [0.25, 0.3) is 5.91 Å². The summed E-state index contributed by atoms with van der Waals surface area (Å²) in [5.74, 6) is 1.99. The Balaban J connectivity index is 1.90. The number of carbonyl (C=O) groups is 1. The SMILES string of the molecule is CCOc1ccc(CNC(=O)[C@H](CC)Oc2cccc(OC)c2)cc1. The molecule has 134 valence electrons. The Morgan fingerprint density at radius 3 is 2.40 bits per heavy atom. The number of amides is 1. The van der Waals surface area contributed by atoms with Crippen molar-refractivity contribution in [3.63, 3.8) is 0 Å². The van der Waals surface area contributed by atoms with Crippen molar-refractivity contribution in [3.05, 3.63) is 54.1 Å². The van der Waals surface area contributed by atoms with Gasteiger partial charge in [-0.1, -0.05) is 25.1 Å². The zero-order valence-electron chi connectivity index (χ0n) is 15.0. The first-order valence-electron chi connectivity index (χ1n) is 8.46. The molecule has 5 nitrogen and oxygen atoms in total. The molecule has 0 fully saturated rings. The van der Waals surface area contributed by atoms with E-state index < -0.39 is 6.10 Å². The smallest absolute Gasteiger partial charge is 0.261 e. The third kappa shape index (κ3) is 5.71. The minimum absolute atomic E-state index is 0.140. The average Bonchev–Trinajstić information content (AvgIpc) is 2.65. The van der Waals surface area contributed by atoms with Gasteiger partial charge in [-0.25, -0.2) is 0 Å². The van der Waals surface area contributed by atoms with Crippen LogP contribution in [0.3, 0.4) is 0 Å². The minimum atomic E-state index is -0.546.